The third-order valence-corrected chi connectivity index (χ3v) is 7.53. The van der Waals surface area contributed by atoms with E-state index in [0.29, 0.717) is 53.6 Å². The number of anilines is 2. The average Bonchev–Trinajstić information content (AvgIpc) is 3.09. The molecule has 0 spiro atoms. The molecule has 0 radical (unpaired) electrons. The molecule has 0 amide bonds. The Balaban J connectivity index is 1.19. The minimum atomic E-state index is -0.561. The van der Waals surface area contributed by atoms with Gasteiger partial charge in [-0.15, -0.1) is 0 Å². The van der Waals surface area contributed by atoms with Gasteiger partial charge < -0.3 is 30.4 Å². The van der Waals surface area contributed by atoms with E-state index in [4.69, 9.17) is 30.4 Å². The molecule has 49 heavy (non-hydrogen) atoms. The number of rotatable bonds is 21. The molecule has 0 bridgehead atoms. The largest absolute Gasteiger partial charge is 0.462 e. The van der Waals surface area contributed by atoms with Crippen LogP contribution >= 0.6 is 0 Å². The van der Waals surface area contributed by atoms with Gasteiger partial charge in [0.25, 0.3) is 0 Å². The Morgan fingerprint density at radius 3 is 1.61 bits per heavy atom. The van der Waals surface area contributed by atoms with Crippen LogP contribution in [0.2, 0.25) is 0 Å². The molecule has 0 saturated carbocycles. The molecule has 0 unspecified atom stereocenters. The van der Waals surface area contributed by atoms with E-state index >= 15 is 0 Å². The van der Waals surface area contributed by atoms with Crippen molar-refractivity contribution >= 4 is 41.3 Å². The number of carbonyl (C=O) groups is 4. The van der Waals surface area contributed by atoms with Crippen molar-refractivity contribution in [2.24, 2.45) is 0 Å². The first-order chi connectivity index (χ1) is 23.7. The molecular formula is C39H48N2O8. The van der Waals surface area contributed by atoms with Gasteiger partial charge in [0.1, 0.15) is 11.5 Å². The molecule has 3 aromatic carbocycles. The summed E-state index contributed by atoms with van der Waals surface area (Å²) in [7, 11) is 0. The van der Waals surface area contributed by atoms with Crippen molar-refractivity contribution in [2.75, 3.05) is 24.7 Å². The Kier molecular flexibility index (Phi) is 17.0. The van der Waals surface area contributed by atoms with Crippen LogP contribution in [0.25, 0.3) is 6.08 Å². The number of nitrogens with two attached hydrogens (primary N) is 2. The first-order valence-corrected chi connectivity index (χ1v) is 17.0. The predicted molar refractivity (Wildman–Crippen MR) is 190 cm³/mol. The zero-order valence-electron chi connectivity index (χ0n) is 28.3. The number of benzene rings is 3. The first-order valence-electron chi connectivity index (χ1n) is 17.0. The predicted octanol–water partition coefficient (Wildman–Crippen LogP) is 8.09. The van der Waals surface area contributed by atoms with Crippen molar-refractivity contribution < 1.29 is 38.1 Å². The van der Waals surface area contributed by atoms with Crippen LogP contribution in [0.1, 0.15) is 110 Å². The van der Waals surface area contributed by atoms with Gasteiger partial charge in [0.15, 0.2) is 0 Å². The number of unbranched alkanes of at least 4 members (excludes halogenated alkanes) is 9. The Morgan fingerprint density at radius 2 is 1.08 bits per heavy atom. The molecule has 10 nitrogen and oxygen atoms in total. The van der Waals surface area contributed by atoms with Crippen LogP contribution in [-0.2, 0) is 19.1 Å². The monoisotopic (exact) mass is 672 g/mol. The Labute approximate surface area is 288 Å². The Bertz CT molecular complexity index is 1500. The van der Waals surface area contributed by atoms with Crippen LogP contribution in [0.5, 0.6) is 11.5 Å². The van der Waals surface area contributed by atoms with E-state index in [-0.39, 0.29) is 11.9 Å². The van der Waals surface area contributed by atoms with E-state index in [9.17, 15) is 19.2 Å². The number of esters is 4. The summed E-state index contributed by atoms with van der Waals surface area (Å²) in [6, 6.07) is 17.8. The lowest BCUT2D eigenvalue weighted by molar-refractivity contribution is -0.134. The molecule has 3 rings (SSSR count). The second-order valence-corrected chi connectivity index (χ2v) is 11.8. The van der Waals surface area contributed by atoms with E-state index in [0.717, 1.165) is 76.2 Å². The van der Waals surface area contributed by atoms with Crippen LogP contribution in [0.4, 0.5) is 11.4 Å². The van der Waals surface area contributed by atoms with Gasteiger partial charge in [-0.25, -0.2) is 14.4 Å². The highest BCUT2D eigenvalue weighted by Crippen LogP contribution is 2.19. The second-order valence-electron chi connectivity index (χ2n) is 11.8. The van der Waals surface area contributed by atoms with Gasteiger partial charge in [-0.3, -0.25) is 4.79 Å². The van der Waals surface area contributed by atoms with Crippen molar-refractivity contribution in [2.45, 2.75) is 84.0 Å². The van der Waals surface area contributed by atoms with Crippen LogP contribution < -0.4 is 20.9 Å². The fourth-order valence-corrected chi connectivity index (χ4v) is 4.86. The summed E-state index contributed by atoms with van der Waals surface area (Å²) >= 11 is 0. The summed E-state index contributed by atoms with van der Waals surface area (Å²) in [6.07, 6.45) is 14.2. The normalized spacial score (nSPS) is 10.9. The first kappa shape index (κ1) is 38.3. The molecular weight excluding hydrogens is 624 g/mol. The lowest BCUT2D eigenvalue weighted by Crippen LogP contribution is -2.07. The van der Waals surface area contributed by atoms with E-state index < -0.39 is 11.9 Å². The topological polar surface area (TPSA) is 157 Å². The van der Waals surface area contributed by atoms with Crippen molar-refractivity contribution in [1.29, 1.82) is 0 Å². The maximum Gasteiger partial charge on any atom is 0.338 e. The summed E-state index contributed by atoms with van der Waals surface area (Å²) in [5, 5.41) is 0. The molecule has 10 heteroatoms. The van der Waals surface area contributed by atoms with E-state index in [1.165, 1.54) is 6.08 Å². The Hall–Kier alpha value is -5.12. The van der Waals surface area contributed by atoms with E-state index in [1.807, 2.05) is 6.92 Å². The van der Waals surface area contributed by atoms with Gasteiger partial charge in [-0.2, -0.15) is 0 Å². The summed E-state index contributed by atoms with van der Waals surface area (Å²) in [5.74, 6) is -0.914. The zero-order valence-corrected chi connectivity index (χ0v) is 28.3. The lowest BCUT2D eigenvalue weighted by atomic mass is 10.1. The molecule has 0 aliphatic carbocycles. The molecule has 262 valence electrons. The molecule has 4 N–H and O–H groups in total. The van der Waals surface area contributed by atoms with Gasteiger partial charge in [-0.05, 0) is 85.5 Å². The lowest BCUT2D eigenvalue weighted by Gasteiger charge is -2.07. The summed E-state index contributed by atoms with van der Waals surface area (Å²) in [5.41, 5.74) is 13.9. The Morgan fingerprint density at radius 1 is 0.592 bits per heavy atom. The minimum Gasteiger partial charge on any atom is -0.462 e. The molecule has 0 aliphatic rings. The quantitative estimate of drug-likeness (QED) is 0.0372. The van der Waals surface area contributed by atoms with Crippen LogP contribution in [0.15, 0.2) is 72.8 Å². The number of ether oxygens (including phenoxy) is 4. The number of hydrogen-bond donors (Lipinski definition) is 2. The fraction of sp³-hybridized carbons (Fsp3) is 0.385. The molecule has 0 saturated heterocycles. The molecule has 0 heterocycles. The van der Waals surface area contributed by atoms with E-state index in [1.54, 1.807) is 72.8 Å². The van der Waals surface area contributed by atoms with Gasteiger partial charge in [-0.1, -0.05) is 70.4 Å². The number of nitrogen functional groups attached to an aromatic ring is 2. The summed E-state index contributed by atoms with van der Waals surface area (Å²) in [4.78, 5) is 48.4. The van der Waals surface area contributed by atoms with Gasteiger partial charge >= 0.3 is 23.9 Å². The highest BCUT2D eigenvalue weighted by molar-refractivity contribution is 5.92. The SMILES string of the molecule is CCCCC(=O)Oc1ccc(OC(=O)/C=C/c2ccc(C(=O)OCCCCCCCCCCCOC(=O)c3cc(N)cc(N)c3)cc2)cc1. The molecule has 0 atom stereocenters. The molecule has 0 fully saturated rings. The highest BCUT2D eigenvalue weighted by atomic mass is 16.5. The third kappa shape index (κ3) is 15.6. The zero-order chi connectivity index (χ0) is 35.3. The maximum atomic E-state index is 12.4. The highest BCUT2D eigenvalue weighted by Gasteiger charge is 2.10. The third-order valence-electron chi connectivity index (χ3n) is 7.53. The van der Waals surface area contributed by atoms with Crippen LogP contribution in [0, 0.1) is 0 Å². The van der Waals surface area contributed by atoms with E-state index in [2.05, 4.69) is 0 Å². The maximum absolute atomic E-state index is 12.4. The average molecular weight is 673 g/mol. The molecule has 0 aliphatic heterocycles. The smallest absolute Gasteiger partial charge is 0.338 e. The van der Waals surface area contributed by atoms with Crippen LogP contribution in [-0.4, -0.2) is 37.1 Å². The van der Waals surface area contributed by atoms with Crippen molar-refractivity contribution in [3.8, 4) is 11.5 Å². The van der Waals surface area contributed by atoms with Crippen LogP contribution in [0.3, 0.4) is 0 Å². The molecule has 0 aromatic heterocycles. The standard InChI is InChI=1S/C39H48N2O8/c1-2-3-13-36(42)48-34-19-21-35(22-20-34)49-37(43)23-16-29-14-17-30(18-15-29)38(44)46-24-11-9-7-5-4-6-8-10-12-25-47-39(45)31-26-32(40)28-33(41)27-31/h14-23,26-28H,2-13,24-25,40-41H2,1H3/b23-16+. The van der Waals surface area contributed by atoms with Gasteiger partial charge in [0.05, 0.1) is 24.3 Å². The molecule has 3 aromatic rings. The second kappa shape index (κ2) is 21.7. The van der Waals surface area contributed by atoms with Gasteiger partial charge in [0, 0.05) is 23.9 Å². The van der Waals surface area contributed by atoms with Crippen molar-refractivity contribution in [1.82, 2.24) is 0 Å². The minimum absolute atomic E-state index is 0.293. The number of hydrogen-bond acceptors (Lipinski definition) is 10. The van der Waals surface area contributed by atoms with Crippen molar-refractivity contribution in [3.05, 3.63) is 89.5 Å². The van der Waals surface area contributed by atoms with Crippen molar-refractivity contribution in [3.63, 3.8) is 0 Å². The fourth-order valence-electron chi connectivity index (χ4n) is 4.86. The summed E-state index contributed by atoms with van der Waals surface area (Å²) < 4.78 is 21.3. The van der Waals surface area contributed by atoms with Gasteiger partial charge in [0.2, 0.25) is 0 Å². The number of carbonyl (C=O) groups excluding carboxylic acids is 4. The summed E-state index contributed by atoms with van der Waals surface area (Å²) in [6.45, 7) is 2.75.